The Bertz CT molecular complexity index is 501. The van der Waals surface area contributed by atoms with Gasteiger partial charge < -0.3 is 20.1 Å². The molecule has 1 aliphatic rings. The van der Waals surface area contributed by atoms with Crippen molar-refractivity contribution in [3.63, 3.8) is 0 Å². The lowest BCUT2D eigenvalue weighted by Crippen LogP contribution is -2.47. The molecule has 2 N–H and O–H groups in total. The lowest BCUT2D eigenvalue weighted by atomic mass is 10.1. The number of ether oxygens (including phenoxy) is 2. The number of esters is 1. The molecule has 2 rings (SSSR count). The maximum absolute atomic E-state index is 12.0. The maximum atomic E-state index is 12.0. The topological polar surface area (TPSA) is 76.7 Å². The van der Waals surface area contributed by atoms with E-state index in [1.807, 2.05) is 30.3 Å². The van der Waals surface area contributed by atoms with E-state index in [4.69, 9.17) is 9.47 Å². The normalized spacial score (nSPS) is 18.4. The number of amides is 1. The second kappa shape index (κ2) is 9.27. The van der Waals surface area contributed by atoms with Gasteiger partial charge >= 0.3 is 5.97 Å². The molecule has 6 heteroatoms. The summed E-state index contributed by atoms with van der Waals surface area (Å²) in [6.45, 7) is 1.59. The monoisotopic (exact) mass is 320 g/mol. The third-order valence-corrected chi connectivity index (χ3v) is 3.79. The number of hydrogen-bond donors (Lipinski definition) is 2. The number of nitrogens with one attached hydrogen (secondary N) is 2. The van der Waals surface area contributed by atoms with Gasteiger partial charge in [0.25, 0.3) is 0 Å². The van der Waals surface area contributed by atoms with E-state index in [1.165, 1.54) is 7.11 Å². The lowest BCUT2D eigenvalue weighted by molar-refractivity contribution is -0.144. The van der Waals surface area contributed by atoms with E-state index in [0.717, 1.165) is 25.0 Å². The molecule has 1 aromatic rings. The molecule has 2 atom stereocenters. The highest BCUT2D eigenvalue weighted by molar-refractivity contribution is 5.85. The van der Waals surface area contributed by atoms with Gasteiger partial charge in [-0.25, -0.2) is 4.79 Å². The molecule has 0 radical (unpaired) electrons. The molecular weight excluding hydrogens is 296 g/mol. The fraction of sp³-hybridized carbons (Fsp3) is 0.529. The predicted molar refractivity (Wildman–Crippen MR) is 85.9 cm³/mol. The maximum Gasteiger partial charge on any atom is 0.328 e. The summed E-state index contributed by atoms with van der Waals surface area (Å²) in [6, 6.07) is 8.85. The van der Waals surface area contributed by atoms with Crippen LogP contribution in [0.15, 0.2) is 30.3 Å². The minimum absolute atomic E-state index is 0.155. The summed E-state index contributed by atoms with van der Waals surface area (Å²) in [6.07, 6.45) is 2.68. The molecule has 0 spiro atoms. The van der Waals surface area contributed by atoms with E-state index >= 15 is 0 Å². The van der Waals surface area contributed by atoms with Gasteiger partial charge in [-0.1, -0.05) is 30.3 Å². The van der Waals surface area contributed by atoms with Crippen molar-refractivity contribution in [3.05, 3.63) is 35.9 Å². The summed E-state index contributed by atoms with van der Waals surface area (Å²) < 4.78 is 10.3. The van der Waals surface area contributed by atoms with Crippen molar-refractivity contribution in [2.75, 3.05) is 26.8 Å². The number of benzene rings is 1. The van der Waals surface area contributed by atoms with Crippen LogP contribution in [-0.4, -0.2) is 50.8 Å². The molecule has 1 saturated heterocycles. The Hall–Kier alpha value is -1.92. The number of carbonyl (C=O) groups is 2. The fourth-order valence-corrected chi connectivity index (χ4v) is 2.58. The van der Waals surface area contributed by atoms with Crippen molar-refractivity contribution in [1.29, 1.82) is 0 Å². The smallest absolute Gasteiger partial charge is 0.328 e. The molecule has 23 heavy (non-hydrogen) atoms. The van der Waals surface area contributed by atoms with Crippen molar-refractivity contribution in [2.45, 2.75) is 31.4 Å². The van der Waals surface area contributed by atoms with Crippen molar-refractivity contribution < 1.29 is 19.1 Å². The second-order valence-corrected chi connectivity index (χ2v) is 5.60. The summed E-state index contributed by atoms with van der Waals surface area (Å²) in [5.74, 6) is -0.671. The fourth-order valence-electron chi connectivity index (χ4n) is 2.58. The van der Waals surface area contributed by atoms with E-state index < -0.39 is 12.0 Å². The average Bonchev–Trinajstić information content (AvgIpc) is 3.08. The van der Waals surface area contributed by atoms with E-state index in [-0.39, 0.29) is 18.6 Å². The zero-order valence-corrected chi connectivity index (χ0v) is 13.4. The summed E-state index contributed by atoms with van der Waals surface area (Å²) in [5, 5.41) is 5.79. The van der Waals surface area contributed by atoms with Crippen LogP contribution in [0.25, 0.3) is 0 Å². The summed E-state index contributed by atoms with van der Waals surface area (Å²) >= 11 is 0. The second-order valence-electron chi connectivity index (χ2n) is 5.60. The lowest BCUT2D eigenvalue weighted by Gasteiger charge is -2.17. The van der Waals surface area contributed by atoms with E-state index in [1.54, 1.807) is 0 Å². The highest BCUT2D eigenvalue weighted by Crippen LogP contribution is 2.10. The van der Waals surface area contributed by atoms with Crippen LogP contribution >= 0.6 is 0 Å². The minimum atomic E-state index is -0.681. The zero-order chi connectivity index (χ0) is 16.5. The summed E-state index contributed by atoms with van der Waals surface area (Å²) in [4.78, 5) is 23.9. The SMILES string of the molecule is COC(=O)C(Cc1ccccc1)NC(=O)CNCC1CCCO1. The van der Waals surface area contributed by atoms with E-state index in [9.17, 15) is 9.59 Å². The highest BCUT2D eigenvalue weighted by Gasteiger charge is 2.22. The average molecular weight is 320 g/mol. The first kappa shape index (κ1) is 17.4. The van der Waals surface area contributed by atoms with Gasteiger partial charge in [-0.3, -0.25) is 4.79 Å². The van der Waals surface area contributed by atoms with Crippen LogP contribution in [0, 0.1) is 0 Å². The molecule has 6 nitrogen and oxygen atoms in total. The predicted octanol–water partition coefficient (Wildman–Crippen LogP) is 0.656. The Labute approximate surface area is 136 Å². The van der Waals surface area contributed by atoms with Gasteiger partial charge in [-0.15, -0.1) is 0 Å². The van der Waals surface area contributed by atoms with Crippen LogP contribution in [0.5, 0.6) is 0 Å². The van der Waals surface area contributed by atoms with Crippen molar-refractivity contribution in [3.8, 4) is 0 Å². The van der Waals surface area contributed by atoms with Crippen molar-refractivity contribution in [1.82, 2.24) is 10.6 Å². The molecule has 1 aliphatic heterocycles. The van der Waals surface area contributed by atoms with E-state index in [2.05, 4.69) is 10.6 Å². The molecule has 1 fully saturated rings. The van der Waals surface area contributed by atoms with Crippen LogP contribution < -0.4 is 10.6 Å². The van der Waals surface area contributed by atoms with Gasteiger partial charge in [0, 0.05) is 19.6 Å². The molecule has 1 heterocycles. The molecule has 1 amide bonds. The zero-order valence-electron chi connectivity index (χ0n) is 13.4. The van der Waals surface area contributed by atoms with Gasteiger partial charge in [0.15, 0.2) is 0 Å². The molecule has 1 aromatic carbocycles. The first-order chi connectivity index (χ1) is 11.2. The number of methoxy groups -OCH3 is 1. The molecular formula is C17H24N2O4. The quantitative estimate of drug-likeness (QED) is 0.688. The van der Waals surface area contributed by atoms with Gasteiger partial charge in [-0.05, 0) is 18.4 Å². The molecule has 2 unspecified atom stereocenters. The molecule has 126 valence electrons. The third kappa shape index (κ3) is 6.00. The highest BCUT2D eigenvalue weighted by atomic mass is 16.5. The van der Waals surface area contributed by atoms with Crippen LogP contribution in [0.2, 0.25) is 0 Å². The van der Waals surface area contributed by atoms with Gasteiger partial charge in [-0.2, -0.15) is 0 Å². The van der Waals surface area contributed by atoms with Gasteiger partial charge in [0.1, 0.15) is 6.04 Å². The number of carbonyl (C=O) groups excluding carboxylic acids is 2. The largest absolute Gasteiger partial charge is 0.467 e. The number of hydrogen-bond acceptors (Lipinski definition) is 5. The van der Waals surface area contributed by atoms with Crippen molar-refractivity contribution >= 4 is 11.9 Å². The molecule has 0 bridgehead atoms. The van der Waals surface area contributed by atoms with Crippen LogP contribution in [0.4, 0.5) is 0 Å². The summed E-state index contributed by atoms with van der Waals surface area (Å²) in [7, 11) is 1.32. The van der Waals surface area contributed by atoms with Crippen LogP contribution in [0.1, 0.15) is 18.4 Å². The summed E-state index contributed by atoms with van der Waals surface area (Å²) in [5.41, 5.74) is 0.968. The molecule has 0 saturated carbocycles. The van der Waals surface area contributed by atoms with Gasteiger partial charge in [0.05, 0.1) is 19.8 Å². The van der Waals surface area contributed by atoms with E-state index in [0.29, 0.717) is 13.0 Å². The Balaban J connectivity index is 1.79. The van der Waals surface area contributed by atoms with Crippen molar-refractivity contribution in [2.24, 2.45) is 0 Å². The Morgan fingerprint density at radius 2 is 2.13 bits per heavy atom. The first-order valence-electron chi connectivity index (χ1n) is 7.92. The molecule has 0 aromatic heterocycles. The van der Waals surface area contributed by atoms with Gasteiger partial charge in [0.2, 0.25) is 5.91 Å². The molecule has 0 aliphatic carbocycles. The Morgan fingerprint density at radius 3 is 2.78 bits per heavy atom. The minimum Gasteiger partial charge on any atom is -0.467 e. The Kier molecular flexibility index (Phi) is 7.03. The first-order valence-corrected chi connectivity index (χ1v) is 7.92. The standard InChI is InChI=1S/C17H24N2O4/c1-22-17(21)15(10-13-6-3-2-4-7-13)19-16(20)12-18-11-14-8-5-9-23-14/h2-4,6-7,14-15,18H,5,8-12H2,1H3,(H,19,20). The van der Waals surface area contributed by atoms with Crippen LogP contribution in [0.3, 0.4) is 0 Å². The van der Waals surface area contributed by atoms with Crippen LogP contribution in [-0.2, 0) is 25.5 Å². The third-order valence-electron chi connectivity index (χ3n) is 3.79. The number of rotatable bonds is 8. The Morgan fingerprint density at radius 1 is 1.35 bits per heavy atom.